The van der Waals surface area contributed by atoms with Crippen LogP contribution >= 0.6 is 0 Å². The molecular formula is C25H20N4O. The van der Waals surface area contributed by atoms with Crippen LogP contribution in [0.15, 0.2) is 96.2 Å². The third-order valence-corrected chi connectivity index (χ3v) is 5.18. The van der Waals surface area contributed by atoms with E-state index in [1.807, 2.05) is 66.9 Å². The number of aromatic nitrogens is 4. The van der Waals surface area contributed by atoms with E-state index in [2.05, 4.69) is 22.1 Å². The molecule has 0 atom stereocenters. The van der Waals surface area contributed by atoms with E-state index >= 15 is 0 Å². The molecule has 0 aliphatic carbocycles. The van der Waals surface area contributed by atoms with Crippen LogP contribution in [0.5, 0.6) is 0 Å². The predicted octanol–water partition coefficient (Wildman–Crippen LogP) is 4.24. The Bertz CT molecular complexity index is 1290. The summed E-state index contributed by atoms with van der Waals surface area (Å²) in [6.45, 7) is 0. The number of pyridine rings is 1. The van der Waals surface area contributed by atoms with E-state index in [4.69, 9.17) is 4.98 Å². The van der Waals surface area contributed by atoms with E-state index in [0.717, 1.165) is 28.1 Å². The van der Waals surface area contributed by atoms with Crippen LogP contribution in [-0.4, -0.2) is 19.5 Å². The number of rotatable bonds is 5. The maximum Gasteiger partial charge on any atom is 0.278 e. The van der Waals surface area contributed by atoms with Crippen molar-refractivity contribution in [1.82, 2.24) is 19.5 Å². The molecule has 1 N–H and O–H groups in total. The highest BCUT2D eigenvalue weighted by Crippen LogP contribution is 2.23. The van der Waals surface area contributed by atoms with Crippen molar-refractivity contribution in [2.45, 2.75) is 12.8 Å². The lowest BCUT2D eigenvalue weighted by molar-refractivity contribution is 0.914. The molecule has 2 aliphatic heterocycles. The molecule has 2 aliphatic rings. The summed E-state index contributed by atoms with van der Waals surface area (Å²) in [4.78, 5) is 25.5. The van der Waals surface area contributed by atoms with Crippen molar-refractivity contribution in [2.75, 3.05) is 0 Å². The van der Waals surface area contributed by atoms with Gasteiger partial charge in [-0.15, -0.1) is 0 Å². The monoisotopic (exact) mass is 392 g/mol. The molecule has 5 heteroatoms. The van der Waals surface area contributed by atoms with Crippen LogP contribution in [0.25, 0.3) is 17.1 Å². The van der Waals surface area contributed by atoms with Gasteiger partial charge in [-0.05, 0) is 28.8 Å². The van der Waals surface area contributed by atoms with E-state index in [0.29, 0.717) is 24.4 Å². The van der Waals surface area contributed by atoms with Crippen molar-refractivity contribution in [3.63, 3.8) is 0 Å². The lowest BCUT2D eigenvalue weighted by Gasteiger charge is -2.13. The molecular weight excluding hydrogens is 372 g/mol. The summed E-state index contributed by atoms with van der Waals surface area (Å²) in [7, 11) is 0. The molecule has 0 amide bonds. The summed E-state index contributed by atoms with van der Waals surface area (Å²) in [5, 5.41) is 0. The van der Waals surface area contributed by atoms with Gasteiger partial charge in [-0.3, -0.25) is 14.3 Å². The van der Waals surface area contributed by atoms with Gasteiger partial charge in [0.05, 0.1) is 11.4 Å². The fraction of sp³-hybridized carbons (Fsp3) is 0.0800. The molecule has 5 rings (SSSR count). The van der Waals surface area contributed by atoms with Crippen molar-refractivity contribution in [2.24, 2.45) is 0 Å². The first-order chi connectivity index (χ1) is 14.8. The molecule has 0 spiro atoms. The van der Waals surface area contributed by atoms with E-state index in [1.54, 1.807) is 17.0 Å². The number of imidazole rings is 1. The molecule has 0 saturated heterocycles. The van der Waals surface area contributed by atoms with Crippen LogP contribution in [0.4, 0.5) is 0 Å². The number of fused-ring (bicyclic) bond motifs is 1. The van der Waals surface area contributed by atoms with Gasteiger partial charge in [0.1, 0.15) is 5.69 Å². The quantitative estimate of drug-likeness (QED) is 0.487. The molecule has 2 aromatic carbocycles. The second-order valence-corrected chi connectivity index (χ2v) is 7.26. The standard InChI is InChI=1S/C25H20N4O/c30-25-22(16-19-11-13-26-14-12-19)28-24-21(15-18-7-3-1-4-8-18)27-23(17-29(24)25)20-9-5-2-6-10-20/h1-14,17,27H,15-16H2. The summed E-state index contributed by atoms with van der Waals surface area (Å²) >= 11 is 0. The van der Waals surface area contributed by atoms with Gasteiger partial charge >= 0.3 is 0 Å². The van der Waals surface area contributed by atoms with Crippen molar-refractivity contribution in [1.29, 1.82) is 0 Å². The van der Waals surface area contributed by atoms with Crippen LogP contribution in [0.1, 0.15) is 22.5 Å². The minimum absolute atomic E-state index is 0.0812. The second-order valence-electron chi connectivity index (χ2n) is 7.26. The molecule has 1 aromatic heterocycles. The Balaban J connectivity index is 1.65. The van der Waals surface area contributed by atoms with Gasteiger partial charge < -0.3 is 4.98 Å². The van der Waals surface area contributed by atoms with E-state index in [1.165, 1.54) is 0 Å². The number of hydrogen-bond acceptors (Lipinski definition) is 3. The van der Waals surface area contributed by atoms with Crippen LogP contribution in [0.3, 0.4) is 0 Å². The zero-order chi connectivity index (χ0) is 20.3. The van der Waals surface area contributed by atoms with Gasteiger partial charge in [0.15, 0.2) is 5.82 Å². The minimum atomic E-state index is -0.0812. The first kappa shape index (κ1) is 18.1. The smallest absolute Gasteiger partial charge is 0.278 e. The van der Waals surface area contributed by atoms with Crippen LogP contribution in [0, 0.1) is 0 Å². The number of aromatic amines is 1. The Morgan fingerprint density at radius 2 is 1.47 bits per heavy atom. The van der Waals surface area contributed by atoms with Gasteiger partial charge in [0.25, 0.3) is 5.56 Å². The molecule has 0 fully saturated rings. The lowest BCUT2D eigenvalue weighted by atomic mass is 10.1. The van der Waals surface area contributed by atoms with E-state index in [9.17, 15) is 4.79 Å². The van der Waals surface area contributed by atoms with Crippen molar-refractivity contribution >= 4 is 0 Å². The summed E-state index contributed by atoms with van der Waals surface area (Å²) in [5.41, 5.74) is 5.46. The molecule has 5 nitrogen and oxygen atoms in total. The highest BCUT2D eigenvalue weighted by molar-refractivity contribution is 5.60. The Labute approximate surface area is 174 Å². The Kier molecular flexibility index (Phi) is 4.69. The van der Waals surface area contributed by atoms with Crippen LogP contribution in [-0.2, 0) is 12.8 Å². The summed E-state index contributed by atoms with van der Waals surface area (Å²) in [6.07, 6.45) is 6.46. The number of hydrogen-bond donors (Lipinski definition) is 1. The number of nitrogens with zero attached hydrogens (tertiary/aromatic N) is 3. The maximum absolute atomic E-state index is 13.2. The predicted molar refractivity (Wildman–Crippen MR) is 117 cm³/mol. The zero-order valence-electron chi connectivity index (χ0n) is 16.3. The third kappa shape index (κ3) is 3.53. The van der Waals surface area contributed by atoms with Crippen molar-refractivity contribution in [3.05, 3.63) is 124 Å². The van der Waals surface area contributed by atoms with Crippen LogP contribution < -0.4 is 5.56 Å². The Hall–Kier alpha value is -3.99. The summed E-state index contributed by atoms with van der Waals surface area (Å²) in [6, 6.07) is 24.1. The summed E-state index contributed by atoms with van der Waals surface area (Å²) < 4.78 is 1.67. The fourth-order valence-electron chi connectivity index (χ4n) is 3.67. The highest BCUT2D eigenvalue weighted by Gasteiger charge is 2.20. The SMILES string of the molecule is O=c1c(Cc2ccncc2)nc2c(Cc3ccccc3)[nH]c(-c3ccccc3)cn1-2. The first-order valence-electron chi connectivity index (χ1n) is 9.89. The third-order valence-electron chi connectivity index (χ3n) is 5.18. The number of benzene rings is 2. The molecule has 0 unspecified atom stereocenters. The molecule has 0 saturated carbocycles. The van der Waals surface area contributed by atoms with Gasteiger partial charge in [-0.1, -0.05) is 60.7 Å². The molecule has 0 radical (unpaired) electrons. The largest absolute Gasteiger partial charge is 0.354 e. The maximum atomic E-state index is 13.2. The van der Waals surface area contributed by atoms with Gasteiger partial charge in [-0.25, -0.2) is 4.98 Å². The lowest BCUT2D eigenvalue weighted by Crippen LogP contribution is -2.17. The van der Waals surface area contributed by atoms with Gasteiger partial charge in [-0.2, -0.15) is 0 Å². The van der Waals surface area contributed by atoms with Gasteiger partial charge in [0, 0.05) is 31.4 Å². The minimum Gasteiger partial charge on any atom is -0.354 e. The zero-order valence-corrected chi connectivity index (χ0v) is 16.3. The van der Waals surface area contributed by atoms with Crippen molar-refractivity contribution in [3.8, 4) is 17.1 Å². The average Bonchev–Trinajstić information content (AvgIpc) is 3.11. The Morgan fingerprint density at radius 1 is 0.800 bits per heavy atom. The normalized spacial score (nSPS) is 11.1. The molecule has 0 bridgehead atoms. The Morgan fingerprint density at radius 3 is 2.20 bits per heavy atom. The molecule has 30 heavy (non-hydrogen) atoms. The fourth-order valence-corrected chi connectivity index (χ4v) is 3.67. The average molecular weight is 392 g/mol. The molecule has 146 valence electrons. The highest BCUT2D eigenvalue weighted by atomic mass is 16.1. The van der Waals surface area contributed by atoms with Crippen molar-refractivity contribution < 1.29 is 0 Å². The second kappa shape index (κ2) is 7.79. The number of nitrogens with one attached hydrogen (secondary N) is 1. The van der Waals surface area contributed by atoms with Gasteiger partial charge in [0.2, 0.25) is 0 Å². The van der Waals surface area contributed by atoms with E-state index in [-0.39, 0.29) is 5.56 Å². The molecule has 3 aromatic rings. The van der Waals surface area contributed by atoms with Crippen LogP contribution in [0.2, 0.25) is 0 Å². The number of H-pyrrole nitrogens is 1. The first-order valence-corrected chi connectivity index (χ1v) is 9.89. The summed E-state index contributed by atoms with van der Waals surface area (Å²) in [5.74, 6) is 0.674. The van der Waals surface area contributed by atoms with E-state index < -0.39 is 0 Å². The topological polar surface area (TPSA) is 63.6 Å². The molecule has 3 heterocycles.